The molecule has 2 aromatic carbocycles. The third kappa shape index (κ3) is 18.2. The van der Waals surface area contributed by atoms with Gasteiger partial charge in [0.15, 0.2) is 23.0 Å². The normalized spacial score (nSPS) is 17.9. The van der Waals surface area contributed by atoms with Crippen LogP contribution in [-0.4, -0.2) is 182 Å². The van der Waals surface area contributed by atoms with E-state index in [2.05, 4.69) is 30.2 Å². The number of morpholine rings is 3. The Balaban J connectivity index is 1.02. The van der Waals surface area contributed by atoms with Crippen molar-refractivity contribution in [1.82, 2.24) is 30.2 Å². The Kier molecular flexibility index (Phi) is 21.3. The van der Waals surface area contributed by atoms with Crippen LogP contribution in [0.3, 0.4) is 0 Å². The molecule has 0 bridgehead atoms. The molecule has 2 aromatic rings. The van der Waals surface area contributed by atoms with E-state index >= 15 is 0 Å². The number of ether oxygens (including phenoxy) is 8. The van der Waals surface area contributed by atoms with Crippen LogP contribution in [0.4, 0.5) is 9.59 Å². The van der Waals surface area contributed by atoms with Gasteiger partial charge in [-0.2, -0.15) is 0 Å². The van der Waals surface area contributed by atoms with Crippen molar-refractivity contribution in [2.75, 3.05) is 138 Å². The second-order valence-corrected chi connectivity index (χ2v) is 16.4. The first-order valence-electron chi connectivity index (χ1n) is 23.2. The predicted molar refractivity (Wildman–Crippen MR) is 236 cm³/mol. The van der Waals surface area contributed by atoms with Crippen molar-refractivity contribution in [2.45, 2.75) is 57.8 Å². The summed E-state index contributed by atoms with van der Waals surface area (Å²) in [6.45, 7) is 14.9. The van der Waals surface area contributed by atoms with Crippen molar-refractivity contribution in [3.63, 3.8) is 0 Å². The zero-order chi connectivity index (χ0) is 44.6. The molecule has 64 heavy (non-hydrogen) atoms. The lowest BCUT2D eigenvalue weighted by atomic mass is 10.0. The minimum absolute atomic E-state index is 0.166. The molecule has 4 heterocycles. The summed E-state index contributed by atoms with van der Waals surface area (Å²) in [5, 5.41) is 5.61. The molecule has 0 saturated carbocycles. The third-order valence-corrected chi connectivity index (χ3v) is 11.5. The number of benzene rings is 2. The number of nitrogens with one attached hydrogen (secondary N) is 2. The van der Waals surface area contributed by atoms with E-state index in [1.165, 1.54) is 0 Å². The molecule has 2 N–H and O–H groups in total. The van der Waals surface area contributed by atoms with Crippen LogP contribution in [0.5, 0.6) is 23.0 Å². The first-order chi connectivity index (χ1) is 31.4. The lowest BCUT2D eigenvalue weighted by Crippen LogP contribution is -2.41. The molecule has 0 spiro atoms. The Labute approximate surface area is 377 Å². The van der Waals surface area contributed by atoms with E-state index in [4.69, 9.17) is 37.9 Å². The maximum Gasteiger partial charge on any atom is 0.412 e. The van der Waals surface area contributed by atoms with Crippen LogP contribution in [0.1, 0.15) is 56.1 Å². The van der Waals surface area contributed by atoms with Gasteiger partial charge in [-0.05, 0) is 93.4 Å². The predicted octanol–water partition coefficient (Wildman–Crippen LogP) is 3.48. The molecule has 0 unspecified atom stereocenters. The SMILES string of the molecule is O=C(CCCN1CCOCC1)Oc1ccc(CCCCc2ccc(OC(=O)NCCN3CCCOC3)c(OC(=O)CCCN3CCOCC3)c2)cc1OC(=O)NCCN1CCOCC1. The van der Waals surface area contributed by atoms with Crippen molar-refractivity contribution in [3.05, 3.63) is 47.5 Å². The van der Waals surface area contributed by atoms with Crippen LogP contribution in [0, 0.1) is 0 Å². The van der Waals surface area contributed by atoms with Crippen LogP contribution in [0.2, 0.25) is 0 Å². The maximum absolute atomic E-state index is 13.1. The summed E-state index contributed by atoms with van der Waals surface area (Å²) in [5.74, 6) is -0.0493. The molecule has 4 saturated heterocycles. The Morgan fingerprint density at radius 3 is 1.41 bits per heavy atom. The fraction of sp³-hybridized carbons (Fsp3) is 0.652. The number of esters is 2. The number of carbonyl (C=O) groups excluding carboxylic acids is 4. The van der Waals surface area contributed by atoms with Gasteiger partial charge in [0, 0.05) is 91.4 Å². The van der Waals surface area contributed by atoms with Gasteiger partial charge in [-0.3, -0.25) is 29.2 Å². The summed E-state index contributed by atoms with van der Waals surface area (Å²) in [5.41, 5.74) is 1.83. The van der Waals surface area contributed by atoms with Gasteiger partial charge in [-0.1, -0.05) is 12.1 Å². The Morgan fingerprint density at radius 1 is 0.469 bits per heavy atom. The summed E-state index contributed by atoms with van der Waals surface area (Å²) in [7, 11) is 0. The minimum Gasteiger partial charge on any atom is -0.423 e. The van der Waals surface area contributed by atoms with Crippen LogP contribution in [0.15, 0.2) is 36.4 Å². The quantitative estimate of drug-likeness (QED) is 0.0941. The first-order valence-corrected chi connectivity index (χ1v) is 23.2. The molecule has 4 aliphatic heterocycles. The molecule has 0 atom stereocenters. The molecule has 6 rings (SSSR count). The molecule has 4 aliphatic rings. The number of hydrogen-bond acceptors (Lipinski definition) is 16. The van der Waals surface area contributed by atoms with Crippen LogP contribution in [-0.2, 0) is 41.4 Å². The van der Waals surface area contributed by atoms with Crippen molar-refractivity contribution in [2.24, 2.45) is 0 Å². The van der Waals surface area contributed by atoms with E-state index in [0.717, 1.165) is 95.9 Å². The highest BCUT2D eigenvalue weighted by atomic mass is 16.6. The minimum atomic E-state index is -0.631. The number of unbranched alkanes of at least 4 members (excludes halogenated alkanes) is 1. The van der Waals surface area contributed by atoms with Crippen LogP contribution >= 0.6 is 0 Å². The van der Waals surface area contributed by atoms with Crippen LogP contribution < -0.4 is 29.6 Å². The molecule has 0 radical (unpaired) electrons. The first kappa shape index (κ1) is 49.0. The second-order valence-electron chi connectivity index (χ2n) is 16.4. The summed E-state index contributed by atoms with van der Waals surface area (Å²) in [6, 6.07) is 10.6. The highest BCUT2D eigenvalue weighted by molar-refractivity contribution is 5.76. The smallest absolute Gasteiger partial charge is 0.412 e. The fourth-order valence-electron chi connectivity index (χ4n) is 7.85. The van der Waals surface area contributed by atoms with E-state index in [-0.39, 0.29) is 35.8 Å². The summed E-state index contributed by atoms with van der Waals surface area (Å²) < 4.78 is 44.7. The second kappa shape index (κ2) is 27.8. The van der Waals surface area contributed by atoms with Gasteiger partial charge in [0.05, 0.1) is 46.4 Å². The van der Waals surface area contributed by atoms with Crippen molar-refractivity contribution in [3.8, 4) is 23.0 Å². The Morgan fingerprint density at radius 2 is 0.906 bits per heavy atom. The number of aryl methyl sites for hydroxylation is 2. The van der Waals surface area contributed by atoms with Gasteiger partial charge in [-0.15, -0.1) is 0 Å². The summed E-state index contributed by atoms with van der Waals surface area (Å²) in [4.78, 5) is 60.6. The number of rotatable bonds is 23. The average Bonchev–Trinajstić information content (AvgIpc) is 3.31. The molecule has 2 amide bonds. The fourth-order valence-corrected chi connectivity index (χ4v) is 7.85. The number of hydrogen-bond donors (Lipinski definition) is 2. The average molecular weight is 897 g/mol. The topological polar surface area (TPSA) is 179 Å². The number of amides is 2. The zero-order valence-corrected chi connectivity index (χ0v) is 37.4. The van der Waals surface area contributed by atoms with Gasteiger partial charge in [0.25, 0.3) is 0 Å². The molecule has 18 heteroatoms. The van der Waals surface area contributed by atoms with Gasteiger partial charge >= 0.3 is 24.1 Å². The Hall–Kier alpha value is -4.40. The Bertz CT molecular complexity index is 1620. The van der Waals surface area contributed by atoms with Gasteiger partial charge < -0.3 is 48.5 Å². The van der Waals surface area contributed by atoms with Crippen LogP contribution in [0.25, 0.3) is 0 Å². The van der Waals surface area contributed by atoms with Crippen molar-refractivity contribution in [1.29, 1.82) is 0 Å². The number of carbonyl (C=O) groups is 4. The number of nitrogens with zero attached hydrogens (tertiary/aromatic N) is 4. The summed E-state index contributed by atoms with van der Waals surface area (Å²) >= 11 is 0. The molecular formula is C46H68N6O12. The third-order valence-electron chi connectivity index (χ3n) is 11.5. The standard InChI is InChI=1S/C46H68N6O12/c53-43(8-3-16-49-21-28-57-29-22-49)61-39-12-10-38(35-42(39)64-46(56)47-14-19-51-25-32-59-33-26-51)7-2-1-6-37-11-13-40(63-45(55)48-15-20-52-18-5-27-60-36-52)41(34-37)62-44(54)9-4-17-50-23-30-58-31-24-50/h10-13,34-35H,1-9,14-33,36H2,(H,47,56)(H,48,55). The molecule has 0 aliphatic carbocycles. The molecular weight excluding hydrogens is 829 g/mol. The van der Waals surface area contributed by atoms with E-state index < -0.39 is 24.1 Å². The van der Waals surface area contributed by atoms with Gasteiger partial charge in [0.2, 0.25) is 0 Å². The highest BCUT2D eigenvalue weighted by Crippen LogP contribution is 2.32. The van der Waals surface area contributed by atoms with Crippen molar-refractivity contribution >= 4 is 24.1 Å². The molecule has 354 valence electrons. The van der Waals surface area contributed by atoms with Gasteiger partial charge in [-0.25, -0.2) is 9.59 Å². The molecule has 0 aromatic heterocycles. The van der Waals surface area contributed by atoms with Gasteiger partial charge in [0.1, 0.15) is 0 Å². The largest absolute Gasteiger partial charge is 0.423 e. The molecule has 4 fully saturated rings. The maximum atomic E-state index is 13.1. The highest BCUT2D eigenvalue weighted by Gasteiger charge is 2.20. The van der Waals surface area contributed by atoms with E-state index in [1.54, 1.807) is 24.3 Å². The zero-order valence-electron chi connectivity index (χ0n) is 37.4. The van der Waals surface area contributed by atoms with Crippen molar-refractivity contribution < 1.29 is 57.1 Å². The van der Waals surface area contributed by atoms with E-state index in [1.807, 2.05) is 12.1 Å². The van der Waals surface area contributed by atoms with E-state index in [0.29, 0.717) is 98.2 Å². The van der Waals surface area contributed by atoms with E-state index in [9.17, 15) is 19.2 Å². The lowest BCUT2D eigenvalue weighted by Gasteiger charge is -2.26. The summed E-state index contributed by atoms with van der Waals surface area (Å²) in [6.07, 6.45) is 4.34. The lowest BCUT2D eigenvalue weighted by molar-refractivity contribution is -0.135. The molecule has 18 nitrogen and oxygen atoms in total. The monoisotopic (exact) mass is 896 g/mol.